The quantitative estimate of drug-likeness (QED) is 0.747. The first-order valence-corrected chi connectivity index (χ1v) is 4.68. The highest BCUT2D eigenvalue weighted by Gasteiger charge is 2.26. The van der Waals surface area contributed by atoms with Crippen molar-refractivity contribution in [1.82, 2.24) is 20.2 Å². The first-order valence-electron chi connectivity index (χ1n) is 4.68. The average molecular weight is 196 g/mol. The molecule has 1 aromatic heterocycles. The molecule has 1 atom stereocenters. The summed E-state index contributed by atoms with van der Waals surface area (Å²) in [5.41, 5.74) is 0. The van der Waals surface area contributed by atoms with Gasteiger partial charge in [0.25, 0.3) is 0 Å². The molecule has 1 heterocycles. The fraction of sp³-hybridized carbons (Fsp3) is 0.750. The number of rotatable bonds is 4. The van der Waals surface area contributed by atoms with Gasteiger partial charge in [0, 0.05) is 6.42 Å². The van der Waals surface area contributed by atoms with Crippen molar-refractivity contribution in [2.75, 3.05) is 0 Å². The standard InChI is InChI=1S/C8H12N4O2/c1-5(8(13)14)12-7(9-10-11-12)4-6-2-3-6/h5-6H,2-4H2,1H3,(H,13,14). The molecule has 14 heavy (non-hydrogen) atoms. The summed E-state index contributed by atoms with van der Waals surface area (Å²) < 4.78 is 1.39. The molecule has 6 heteroatoms. The zero-order valence-corrected chi connectivity index (χ0v) is 7.92. The van der Waals surface area contributed by atoms with E-state index in [1.54, 1.807) is 6.92 Å². The zero-order chi connectivity index (χ0) is 10.1. The van der Waals surface area contributed by atoms with E-state index in [9.17, 15) is 4.79 Å². The highest BCUT2D eigenvalue weighted by atomic mass is 16.4. The third-order valence-corrected chi connectivity index (χ3v) is 2.45. The van der Waals surface area contributed by atoms with Crippen LogP contribution >= 0.6 is 0 Å². The van der Waals surface area contributed by atoms with E-state index in [0.717, 1.165) is 6.42 Å². The number of carbonyl (C=O) groups is 1. The number of hydrogen-bond donors (Lipinski definition) is 1. The Morgan fingerprint density at radius 2 is 2.43 bits per heavy atom. The Hall–Kier alpha value is -1.46. The van der Waals surface area contributed by atoms with Crippen molar-refractivity contribution < 1.29 is 9.90 Å². The lowest BCUT2D eigenvalue weighted by Crippen LogP contribution is -2.19. The molecule has 1 unspecified atom stereocenters. The van der Waals surface area contributed by atoms with Crippen molar-refractivity contribution in [2.45, 2.75) is 32.2 Å². The maximum absolute atomic E-state index is 10.7. The maximum atomic E-state index is 10.7. The number of hydrogen-bond acceptors (Lipinski definition) is 4. The molecule has 1 aromatic rings. The summed E-state index contributed by atoms with van der Waals surface area (Å²) in [6.07, 6.45) is 3.20. The number of tetrazole rings is 1. The van der Waals surface area contributed by atoms with Gasteiger partial charge in [0.1, 0.15) is 6.04 Å². The van der Waals surface area contributed by atoms with E-state index in [1.165, 1.54) is 17.5 Å². The van der Waals surface area contributed by atoms with Crippen LogP contribution in [0.3, 0.4) is 0 Å². The molecule has 0 amide bonds. The van der Waals surface area contributed by atoms with Crippen LogP contribution in [-0.2, 0) is 11.2 Å². The number of aromatic nitrogens is 4. The van der Waals surface area contributed by atoms with Gasteiger partial charge in [-0.2, -0.15) is 0 Å². The van der Waals surface area contributed by atoms with E-state index in [0.29, 0.717) is 11.7 Å². The van der Waals surface area contributed by atoms with Crippen molar-refractivity contribution in [3.8, 4) is 0 Å². The van der Waals surface area contributed by atoms with Crippen molar-refractivity contribution >= 4 is 5.97 Å². The van der Waals surface area contributed by atoms with Crippen LogP contribution in [0.15, 0.2) is 0 Å². The van der Waals surface area contributed by atoms with Gasteiger partial charge in [-0.15, -0.1) is 5.10 Å². The molecule has 0 bridgehead atoms. The normalized spacial score (nSPS) is 18.1. The topological polar surface area (TPSA) is 80.9 Å². The molecule has 1 saturated carbocycles. The molecular weight excluding hydrogens is 184 g/mol. The van der Waals surface area contributed by atoms with Crippen LogP contribution in [0.5, 0.6) is 0 Å². The third kappa shape index (κ3) is 1.73. The fourth-order valence-corrected chi connectivity index (χ4v) is 1.33. The molecule has 76 valence electrons. The Morgan fingerprint density at radius 1 is 1.71 bits per heavy atom. The highest BCUT2D eigenvalue weighted by Crippen LogP contribution is 2.32. The van der Waals surface area contributed by atoms with Gasteiger partial charge in [0.15, 0.2) is 5.82 Å². The first-order chi connectivity index (χ1) is 6.68. The lowest BCUT2D eigenvalue weighted by atomic mass is 10.2. The summed E-state index contributed by atoms with van der Waals surface area (Å²) >= 11 is 0. The van der Waals surface area contributed by atoms with Gasteiger partial charge >= 0.3 is 5.97 Å². The fourth-order valence-electron chi connectivity index (χ4n) is 1.33. The molecule has 6 nitrogen and oxygen atoms in total. The molecule has 1 aliphatic carbocycles. The molecule has 1 fully saturated rings. The maximum Gasteiger partial charge on any atom is 0.328 e. The molecular formula is C8H12N4O2. The Labute approximate surface area is 80.9 Å². The molecule has 0 aliphatic heterocycles. The van der Waals surface area contributed by atoms with Gasteiger partial charge in [-0.05, 0) is 36.1 Å². The van der Waals surface area contributed by atoms with Crippen LogP contribution in [0, 0.1) is 5.92 Å². The number of aliphatic carboxylic acids is 1. The molecule has 0 spiro atoms. The van der Waals surface area contributed by atoms with Crippen LogP contribution in [0.2, 0.25) is 0 Å². The lowest BCUT2D eigenvalue weighted by Gasteiger charge is -2.07. The van der Waals surface area contributed by atoms with Gasteiger partial charge in [-0.3, -0.25) is 0 Å². The second kappa shape index (κ2) is 3.36. The predicted molar refractivity (Wildman–Crippen MR) is 46.6 cm³/mol. The van der Waals surface area contributed by atoms with Crippen molar-refractivity contribution in [1.29, 1.82) is 0 Å². The summed E-state index contributed by atoms with van der Waals surface area (Å²) in [5.74, 6) is 0.428. The van der Waals surface area contributed by atoms with Crippen LogP contribution in [0.25, 0.3) is 0 Å². The van der Waals surface area contributed by atoms with Gasteiger partial charge in [-0.25, -0.2) is 9.48 Å². The summed E-state index contributed by atoms with van der Waals surface area (Å²) in [6, 6.07) is -0.682. The molecule has 1 aliphatic rings. The van der Waals surface area contributed by atoms with Gasteiger partial charge < -0.3 is 5.11 Å². The van der Waals surface area contributed by atoms with E-state index in [2.05, 4.69) is 15.5 Å². The Balaban J connectivity index is 2.14. The van der Waals surface area contributed by atoms with E-state index < -0.39 is 12.0 Å². The Morgan fingerprint density at radius 3 is 3.00 bits per heavy atom. The Bertz CT molecular complexity index is 345. The summed E-state index contributed by atoms with van der Waals surface area (Å²) in [4.78, 5) is 10.7. The van der Waals surface area contributed by atoms with Crippen LogP contribution in [0.1, 0.15) is 31.6 Å². The van der Waals surface area contributed by atoms with Crippen molar-refractivity contribution in [3.05, 3.63) is 5.82 Å². The minimum Gasteiger partial charge on any atom is -0.480 e. The monoisotopic (exact) mass is 196 g/mol. The van der Waals surface area contributed by atoms with E-state index in [1.807, 2.05) is 0 Å². The van der Waals surface area contributed by atoms with Crippen molar-refractivity contribution in [3.63, 3.8) is 0 Å². The van der Waals surface area contributed by atoms with Crippen LogP contribution in [0.4, 0.5) is 0 Å². The lowest BCUT2D eigenvalue weighted by molar-refractivity contribution is -0.140. The number of carboxylic acid groups (broad SMARTS) is 1. The van der Waals surface area contributed by atoms with Crippen molar-refractivity contribution in [2.24, 2.45) is 5.92 Å². The minimum atomic E-state index is -0.908. The van der Waals surface area contributed by atoms with Gasteiger partial charge in [0.2, 0.25) is 0 Å². The van der Waals surface area contributed by atoms with Gasteiger partial charge in [-0.1, -0.05) is 0 Å². The Kier molecular flexibility index (Phi) is 2.18. The molecule has 0 radical (unpaired) electrons. The largest absolute Gasteiger partial charge is 0.480 e. The third-order valence-electron chi connectivity index (χ3n) is 2.45. The van der Waals surface area contributed by atoms with Crippen LogP contribution in [-0.4, -0.2) is 31.3 Å². The SMILES string of the molecule is CC(C(=O)O)n1nnnc1CC1CC1. The molecule has 2 rings (SSSR count). The highest BCUT2D eigenvalue weighted by molar-refractivity contribution is 5.71. The summed E-state index contributed by atoms with van der Waals surface area (Å²) in [5, 5.41) is 19.8. The number of nitrogens with zero attached hydrogens (tertiary/aromatic N) is 4. The first kappa shape index (κ1) is 9.11. The zero-order valence-electron chi connectivity index (χ0n) is 7.92. The molecule has 1 N–H and O–H groups in total. The van der Waals surface area contributed by atoms with E-state index in [-0.39, 0.29) is 0 Å². The predicted octanol–water partition coefficient (Wildman–Crippen LogP) is 0.271. The van der Waals surface area contributed by atoms with E-state index >= 15 is 0 Å². The number of carboxylic acids is 1. The average Bonchev–Trinajstić information content (AvgIpc) is 2.82. The molecule has 0 saturated heterocycles. The van der Waals surface area contributed by atoms with Gasteiger partial charge in [0.05, 0.1) is 0 Å². The minimum absolute atomic E-state index is 0.653. The second-order valence-corrected chi connectivity index (χ2v) is 3.70. The smallest absolute Gasteiger partial charge is 0.328 e. The second-order valence-electron chi connectivity index (χ2n) is 3.70. The molecule has 0 aromatic carbocycles. The van der Waals surface area contributed by atoms with Crippen LogP contribution < -0.4 is 0 Å². The summed E-state index contributed by atoms with van der Waals surface area (Å²) in [7, 11) is 0. The summed E-state index contributed by atoms with van der Waals surface area (Å²) in [6.45, 7) is 1.58. The van der Waals surface area contributed by atoms with E-state index in [4.69, 9.17) is 5.11 Å².